The van der Waals surface area contributed by atoms with Crippen molar-refractivity contribution in [2.75, 3.05) is 6.54 Å². The first-order chi connectivity index (χ1) is 6.15. The van der Waals surface area contributed by atoms with Gasteiger partial charge in [0.25, 0.3) is 0 Å². The Kier molecular flexibility index (Phi) is 6.12. The third-order valence-corrected chi connectivity index (χ3v) is 2.51. The first-order valence-corrected chi connectivity index (χ1v) is 4.74. The second-order valence-electron chi connectivity index (χ2n) is 3.19. The summed E-state index contributed by atoms with van der Waals surface area (Å²) in [5, 5.41) is 0.768. The molecule has 2 nitrogen and oxygen atoms in total. The smallest absolute Gasteiger partial charge is 0.0438 e. The van der Waals surface area contributed by atoms with Crippen molar-refractivity contribution >= 4 is 24.0 Å². The highest BCUT2D eigenvalue weighted by Gasteiger charge is 2.05. The van der Waals surface area contributed by atoms with Crippen LogP contribution in [0, 0.1) is 6.92 Å². The Morgan fingerprint density at radius 1 is 1.43 bits per heavy atom. The summed E-state index contributed by atoms with van der Waals surface area (Å²) < 4.78 is 0. The number of rotatable bonds is 3. The van der Waals surface area contributed by atoms with Crippen LogP contribution in [-0.4, -0.2) is 6.54 Å². The van der Waals surface area contributed by atoms with Crippen LogP contribution in [0.1, 0.15) is 23.6 Å². The average molecular weight is 235 g/mol. The quantitative estimate of drug-likeness (QED) is 0.845. The average Bonchev–Trinajstić information content (AvgIpc) is 2.10. The van der Waals surface area contributed by atoms with E-state index >= 15 is 0 Å². The number of aryl methyl sites for hydroxylation is 1. The lowest BCUT2D eigenvalue weighted by Gasteiger charge is -2.11. The third-order valence-electron chi connectivity index (χ3n) is 2.10. The molecule has 0 radical (unpaired) electrons. The highest BCUT2D eigenvalue weighted by atomic mass is 35.5. The van der Waals surface area contributed by atoms with Gasteiger partial charge in [0, 0.05) is 11.1 Å². The Morgan fingerprint density at radius 2 is 2.07 bits per heavy atom. The fourth-order valence-corrected chi connectivity index (χ4v) is 1.37. The largest absolute Gasteiger partial charge is 0.330 e. The predicted octanol–water partition coefficient (Wildman–Crippen LogP) is 2.42. The van der Waals surface area contributed by atoms with Crippen LogP contribution in [0.25, 0.3) is 0 Å². The molecule has 4 heteroatoms. The summed E-state index contributed by atoms with van der Waals surface area (Å²) in [5.74, 6) is 0. The van der Waals surface area contributed by atoms with E-state index in [0.717, 1.165) is 22.6 Å². The van der Waals surface area contributed by atoms with Gasteiger partial charge in [-0.15, -0.1) is 12.4 Å². The van der Waals surface area contributed by atoms with Crippen molar-refractivity contribution in [3.05, 3.63) is 34.3 Å². The molecule has 0 unspecified atom stereocenters. The van der Waals surface area contributed by atoms with E-state index in [0.29, 0.717) is 6.54 Å². The van der Waals surface area contributed by atoms with Crippen LogP contribution in [0.2, 0.25) is 5.02 Å². The van der Waals surface area contributed by atoms with E-state index < -0.39 is 0 Å². The van der Waals surface area contributed by atoms with Gasteiger partial charge in [-0.05, 0) is 37.1 Å². The van der Waals surface area contributed by atoms with Gasteiger partial charge in [-0.25, -0.2) is 0 Å². The Hall–Kier alpha value is -0.280. The summed E-state index contributed by atoms with van der Waals surface area (Å²) in [6.45, 7) is 2.58. The summed E-state index contributed by atoms with van der Waals surface area (Å²) >= 11 is 5.97. The van der Waals surface area contributed by atoms with Gasteiger partial charge >= 0.3 is 0 Å². The Balaban J connectivity index is 0.00000169. The van der Waals surface area contributed by atoms with Gasteiger partial charge in [0.2, 0.25) is 0 Å². The maximum absolute atomic E-state index is 5.97. The fourth-order valence-electron chi connectivity index (χ4n) is 1.19. The predicted molar refractivity (Wildman–Crippen MR) is 64.0 cm³/mol. The summed E-state index contributed by atoms with van der Waals surface area (Å²) in [6, 6.07) is 5.90. The van der Waals surface area contributed by atoms with E-state index in [4.69, 9.17) is 23.1 Å². The molecule has 80 valence electrons. The molecule has 0 aliphatic carbocycles. The topological polar surface area (TPSA) is 52.0 Å². The lowest BCUT2D eigenvalue weighted by Crippen LogP contribution is -2.15. The van der Waals surface area contributed by atoms with Crippen LogP contribution in [0.4, 0.5) is 0 Å². The molecule has 0 saturated carbocycles. The molecule has 0 fully saturated rings. The molecule has 1 aromatic carbocycles. The fraction of sp³-hybridized carbons (Fsp3) is 0.400. The van der Waals surface area contributed by atoms with Crippen molar-refractivity contribution < 1.29 is 0 Å². The second-order valence-corrected chi connectivity index (χ2v) is 3.60. The number of nitrogens with two attached hydrogens (primary N) is 2. The lowest BCUT2D eigenvalue weighted by molar-refractivity contribution is 0.661. The highest BCUT2D eigenvalue weighted by Crippen LogP contribution is 2.21. The summed E-state index contributed by atoms with van der Waals surface area (Å²) in [5.41, 5.74) is 13.4. The van der Waals surface area contributed by atoms with Gasteiger partial charge in [0.15, 0.2) is 0 Å². The van der Waals surface area contributed by atoms with E-state index in [1.807, 2.05) is 25.1 Å². The SMILES string of the molecule is Cc1ccc([C@H](N)CCN)cc1Cl.Cl. The maximum Gasteiger partial charge on any atom is 0.0438 e. The van der Waals surface area contributed by atoms with Crippen LogP contribution in [0.15, 0.2) is 18.2 Å². The van der Waals surface area contributed by atoms with Crippen molar-refractivity contribution in [2.24, 2.45) is 11.5 Å². The summed E-state index contributed by atoms with van der Waals surface area (Å²) in [4.78, 5) is 0. The molecule has 0 aromatic heterocycles. The van der Waals surface area contributed by atoms with E-state index in [1.54, 1.807) is 0 Å². The molecule has 0 aliphatic rings. The first-order valence-electron chi connectivity index (χ1n) is 4.37. The van der Waals surface area contributed by atoms with Gasteiger partial charge in [-0.1, -0.05) is 23.7 Å². The molecule has 1 aromatic rings. The minimum Gasteiger partial charge on any atom is -0.330 e. The lowest BCUT2D eigenvalue weighted by atomic mass is 10.0. The zero-order chi connectivity index (χ0) is 9.84. The zero-order valence-electron chi connectivity index (χ0n) is 8.16. The van der Waals surface area contributed by atoms with E-state index in [2.05, 4.69) is 0 Å². The van der Waals surface area contributed by atoms with E-state index in [1.165, 1.54) is 0 Å². The van der Waals surface area contributed by atoms with E-state index in [-0.39, 0.29) is 18.4 Å². The first kappa shape index (κ1) is 13.7. The van der Waals surface area contributed by atoms with Gasteiger partial charge in [-0.3, -0.25) is 0 Å². The van der Waals surface area contributed by atoms with E-state index in [9.17, 15) is 0 Å². The zero-order valence-corrected chi connectivity index (χ0v) is 9.74. The number of hydrogen-bond acceptors (Lipinski definition) is 2. The maximum atomic E-state index is 5.97. The third kappa shape index (κ3) is 3.46. The highest BCUT2D eigenvalue weighted by molar-refractivity contribution is 6.31. The monoisotopic (exact) mass is 234 g/mol. The standard InChI is InChI=1S/C10H15ClN2.ClH/c1-7-2-3-8(6-9(7)11)10(13)4-5-12;/h2-3,6,10H,4-5,12-13H2,1H3;1H/t10-;/m1./s1. The minimum absolute atomic E-state index is 0. The molecule has 0 aliphatic heterocycles. The summed E-state index contributed by atoms with van der Waals surface area (Å²) in [6.07, 6.45) is 0.791. The van der Waals surface area contributed by atoms with Crippen LogP contribution < -0.4 is 11.5 Å². The van der Waals surface area contributed by atoms with Gasteiger partial charge in [-0.2, -0.15) is 0 Å². The second kappa shape index (κ2) is 6.25. The van der Waals surface area contributed by atoms with Crippen molar-refractivity contribution in [1.29, 1.82) is 0 Å². The van der Waals surface area contributed by atoms with Crippen LogP contribution in [0.5, 0.6) is 0 Å². The summed E-state index contributed by atoms with van der Waals surface area (Å²) in [7, 11) is 0. The number of halogens is 2. The molecule has 0 spiro atoms. The molecule has 1 atom stereocenters. The Bertz CT molecular complexity index is 289. The van der Waals surface area contributed by atoms with Crippen molar-refractivity contribution in [3.8, 4) is 0 Å². The van der Waals surface area contributed by atoms with Crippen molar-refractivity contribution in [3.63, 3.8) is 0 Å². The Labute approximate surface area is 96.0 Å². The number of hydrogen-bond donors (Lipinski definition) is 2. The van der Waals surface area contributed by atoms with Crippen molar-refractivity contribution in [2.45, 2.75) is 19.4 Å². The van der Waals surface area contributed by atoms with Gasteiger partial charge < -0.3 is 11.5 Å². The van der Waals surface area contributed by atoms with Crippen LogP contribution in [0.3, 0.4) is 0 Å². The van der Waals surface area contributed by atoms with Gasteiger partial charge in [0.05, 0.1) is 0 Å². The van der Waals surface area contributed by atoms with Crippen LogP contribution in [-0.2, 0) is 0 Å². The molecule has 0 bridgehead atoms. The molecule has 0 saturated heterocycles. The molecule has 0 heterocycles. The molecule has 0 amide bonds. The minimum atomic E-state index is 0. The normalized spacial score (nSPS) is 12.0. The van der Waals surface area contributed by atoms with Crippen LogP contribution >= 0.6 is 24.0 Å². The van der Waals surface area contributed by atoms with Gasteiger partial charge in [0.1, 0.15) is 0 Å². The molecule has 1 rings (SSSR count). The molecule has 4 N–H and O–H groups in total. The Morgan fingerprint density at radius 3 is 2.57 bits per heavy atom. The molecule has 14 heavy (non-hydrogen) atoms. The van der Waals surface area contributed by atoms with Crippen molar-refractivity contribution in [1.82, 2.24) is 0 Å². The molecular formula is C10H16Cl2N2. The molecular weight excluding hydrogens is 219 g/mol. The number of benzene rings is 1.